The van der Waals surface area contributed by atoms with Crippen LogP contribution in [0.4, 0.5) is 0 Å². The summed E-state index contributed by atoms with van der Waals surface area (Å²) < 4.78 is 13.1. The normalized spacial score (nSPS) is 13.3. The average molecular weight is 609 g/mol. The largest absolute Gasteiger partial charge is 0.372 e. The molecule has 0 spiro atoms. The molecule has 4 heteroatoms. The fourth-order valence-electron chi connectivity index (χ4n) is 5.78. The Balaban J connectivity index is 1.26. The van der Waals surface area contributed by atoms with Gasteiger partial charge in [-0.1, -0.05) is 146 Å². The smallest absolute Gasteiger partial charge is 0.0727 e. The maximum Gasteiger partial charge on any atom is 0.0727 e. The molecule has 0 saturated carbocycles. The topological polar surface area (TPSA) is 18.5 Å². The maximum absolute atomic E-state index is 6.53. The highest BCUT2D eigenvalue weighted by Gasteiger charge is 2.23. The molecule has 0 unspecified atom stereocenters. The van der Waals surface area contributed by atoms with Crippen molar-refractivity contribution in [3.8, 4) is 0 Å². The summed E-state index contributed by atoms with van der Waals surface area (Å²) in [6.07, 6.45) is 0. The van der Waals surface area contributed by atoms with Crippen LogP contribution in [0.25, 0.3) is 0 Å². The SMILES string of the molecule is c1ccc(P(c2ccccc2)c2cc3ccc2COCc2ccc(c(P(c4ccccc4)c4ccccc4)c2)COC3)cc1. The van der Waals surface area contributed by atoms with Crippen molar-refractivity contribution >= 4 is 47.7 Å². The summed E-state index contributed by atoms with van der Waals surface area (Å²) in [6, 6.07) is 57.2. The van der Waals surface area contributed by atoms with Crippen LogP contribution in [0.1, 0.15) is 22.3 Å². The molecule has 0 aromatic heterocycles. The molecule has 0 N–H and O–H groups in total. The van der Waals surface area contributed by atoms with Gasteiger partial charge < -0.3 is 9.47 Å². The van der Waals surface area contributed by atoms with Crippen LogP contribution in [-0.2, 0) is 35.9 Å². The average Bonchev–Trinajstić information content (AvgIpc) is 3.09. The second-order valence-electron chi connectivity index (χ2n) is 10.9. The molecule has 4 aliphatic rings. The Hall–Kier alpha value is -3.90. The molecule has 0 amide bonds. The molecular formula is C40H34O2P2. The third-order valence-corrected chi connectivity index (χ3v) is 12.9. The Morgan fingerprint density at radius 3 is 0.977 bits per heavy atom. The second-order valence-corrected chi connectivity index (χ2v) is 15.3. The number of ether oxygens (including phenoxy) is 2. The van der Waals surface area contributed by atoms with E-state index in [1.807, 2.05) is 0 Å². The predicted molar refractivity (Wildman–Crippen MR) is 187 cm³/mol. The Morgan fingerprint density at radius 2 is 0.659 bits per heavy atom. The zero-order valence-electron chi connectivity index (χ0n) is 24.6. The van der Waals surface area contributed by atoms with Gasteiger partial charge in [-0.25, -0.2) is 0 Å². The van der Waals surface area contributed by atoms with Crippen molar-refractivity contribution in [2.24, 2.45) is 0 Å². The van der Waals surface area contributed by atoms with Gasteiger partial charge in [0.1, 0.15) is 0 Å². The molecule has 0 radical (unpaired) electrons. The summed E-state index contributed by atoms with van der Waals surface area (Å²) in [6.45, 7) is 2.21. The van der Waals surface area contributed by atoms with Crippen LogP contribution < -0.4 is 31.8 Å². The molecule has 4 aliphatic heterocycles. The third kappa shape index (κ3) is 6.46. The van der Waals surface area contributed by atoms with E-state index in [0.29, 0.717) is 26.4 Å². The third-order valence-electron chi connectivity index (χ3n) is 7.89. The van der Waals surface area contributed by atoms with E-state index in [1.165, 1.54) is 54.1 Å². The van der Waals surface area contributed by atoms with Gasteiger partial charge in [-0.3, -0.25) is 0 Å². The van der Waals surface area contributed by atoms with Crippen LogP contribution in [0, 0.1) is 0 Å². The van der Waals surface area contributed by atoms with Crippen molar-refractivity contribution in [3.63, 3.8) is 0 Å². The first kappa shape index (κ1) is 28.8. The van der Waals surface area contributed by atoms with Crippen LogP contribution in [0.2, 0.25) is 0 Å². The number of hydrogen-bond donors (Lipinski definition) is 0. The maximum atomic E-state index is 6.53. The van der Waals surface area contributed by atoms with E-state index in [1.54, 1.807) is 0 Å². The lowest BCUT2D eigenvalue weighted by molar-refractivity contribution is 0.104. The molecule has 44 heavy (non-hydrogen) atoms. The van der Waals surface area contributed by atoms with Crippen molar-refractivity contribution in [1.29, 1.82) is 0 Å². The van der Waals surface area contributed by atoms with E-state index in [-0.39, 0.29) is 0 Å². The molecule has 4 heterocycles. The fourth-order valence-corrected chi connectivity index (χ4v) is 10.8. The number of rotatable bonds is 6. The summed E-state index contributed by atoms with van der Waals surface area (Å²) in [5.41, 5.74) is 4.84. The molecule has 0 atom stereocenters. The van der Waals surface area contributed by atoms with Gasteiger partial charge in [-0.15, -0.1) is 0 Å². The first-order chi connectivity index (χ1) is 21.8. The van der Waals surface area contributed by atoms with Gasteiger partial charge >= 0.3 is 0 Å². The van der Waals surface area contributed by atoms with Crippen LogP contribution in [-0.4, -0.2) is 0 Å². The molecule has 2 nitrogen and oxygen atoms in total. The summed E-state index contributed by atoms with van der Waals surface area (Å²) in [5, 5.41) is 8.02. The second kappa shape index (κ2) is 13.8. The standard InChI is InChI=1S/C40H34O2P2/c1-5-13-35(14-6-1)43(36-15-7-2-8-16-36)39-25-31-21-23-33(39)29-41-28-32-22-24-34(30-42-27-31)40(26-32)44(37-17-9-3-10-18-37)38-19-11-4-12-20-38/h1-26H,27-30H2. The minimum absolute atomic E-state index is 0.552. The van der Waals surface area contributed by atoms with E-state index in [2.05, 4.69) is 158 Å². The van der Waals surface area contributed by atoms with E-state index < -0.39 is 15.8 Å². The molecule has 6 aromatic rings. The summed E-state index contributed by atoms with van der Waals surface area (Å²) in [7, 11) is -1.51. The first-order valence-corrected chi connectivity index (χ1v) is 17.7. The minimum atomic E-state index is -0.753. The first-order valence-electron chi connectivity index (χ1n) is 15.0. The van der Waals surface area contributed by atoms with Gasteiger partial charge in [0.2, 0.25) is 0 Å². The highest BCUT2D eigenvalue weighted by atomic mass is 31.1. The van der Waals surface area contributed by atoms with Crippen molar-refractivity contribution in [2.75, 3.05) is 0 Å². The lowest BCUT2D eigenvalue weighted by Gasteiger charge is -2.25. The summed E-state index contributed by atoms with van der Waals surface area (Å²) >= 11 is 0. The monoisotopic (exact) mass is 608 g/mol. The predicted octanol–water partition coefficient (Wildman–Crippen LogP) is 6.95. The van der Waals surface area contributed by atoms with Crippen LogP contribution in [0.15, 0.2) is 158 Å². The van der Waals surface area contributed by atoms with Gasteiger partial charge in [-0.2, -0.15) is 0 Å². The zero-order valence-corrected chi connectivity index (χ0v) is 26.3. The van der Waals surface area contributed by atoms with Crippen molar-refractivity contribution in [1.82, 2.24) is 0 Å². The molecule has 10 rings (SSSR count). The highest BCUT2D eigenvalue weighted by molar-refractivity contribution is 7.80. The van der Waals surface area contributed by atoms with Crippen LogP contribution in [0.3, 0.4) is 0 Å². The van der Waals surface area contributed by atoms with Crippen LogP contribution in [0.5, 0.6) is 0 Å². The summed E-state index contributed by atoms with van der Waals surface area (Å²) in [4.78, 5) is 0. The molecule has 6 aromatic carbocycles. The fraction of sp³-hybridized carbons (Fsp3) is 0.100. The van der Waals surface area contributed by atoms with E-state index in [4.69, 9.17) is 9.47 Å². The van der Waals surface area contributed by atoms with Gasteiger partial charge in [0.25, 0.3) is 0 Å². The van der Waals surface area contributed by atoms with Crippen molar-refractivity contribution < 1.29 is 9.47 Å². The molecule has 4 bridgehead atoms. The zero-order chi connectivity index (χ0) is 29.6. The van der Waals surface area contributed by atoms with Crippen molar-refractivity contribution in [2.45, 2.75) is 26.4 Å². The summed E-state index contributed by atoms with van der Waals surface area (Å²) in [5.74, 6) is 0. The molecule has 0 aliphatic carbocycles. The molecular weight excluding hydrogens is 574 g/mol. The van der Waals surface area contributed by atoms with E-state index >= 15 is 0 Å². The Kier molecular flexibility index (Phi) is 9.06. The minimum Gasteiger partial charge on any atom is -0.372 e. The lowest BCUT2D eigenvalue weighted by Crippen LogP contribution is -2.25. The van der Waals surface area contributed by atoms with Gasteiger partial charge in [0.15, 0.2) is 0 Å². The highest BCUT2D eigenvalue weighted by Crippen LogP contribution is 2.37. The van der Waals surface area contributed by atoms with Crippen LogP contribution >= 0.6 is 15.8 Å². The van der Waals surface area contributed by atoms with Gasteiger partial charge in [0.05, 0.1) is 26.4 Å². The molecule has 0 fully saturated rings. The van der Waals surface area contributed by atoms with Crippen molar-refractivity contribution in [3.05, 3.63) is 180 Å². The van der Waals surface area contributed by atoms with E-state index in [0.717, 1.165) is 0 Å². The quantitative estimate of drug-likeness (QED) is 0.191. The molecule has 0 saturated heterocycles. The number of hydrogen-bond acceptors (Lipinski definition) is 2. The molecule has 216 valence electrons. The Bertz CT molecular complexity index is 1590. The lowest BCUT2D eigenvalue weighted by atomic mass is 10.1. The van der Waals surface area contributed by atoms with Gasteiger partial charge in [-0.05, 0) is 82.1 Å². The van der Waals surface area contributed by atoms with E-state index in [9.17, 15) is 0 Å². The Morgan fingerprint density at radius 1 is 0.341 bits per heavy atom. The Labute approximate surface area is 262 Å². The number of benzene rings is 6. The van der Waals surface area contributed by atoms with Gasteiger partial charge in [0, 0.05) is 0 Å².